The Morgan fingerprint density at radius 2 is 2.00 bits per heavy atom. The molecule has 0 amide bonds. The van der Waals surface area contributed by atoms with Crippen LogP contribution in [-0.4, -0.2) is 13.1 Å². The molecule has 12 heavy (non-hydrogen) atoms. The van der Waals surface area contributed by atoms with Crippen molar-refractivity contribution in [1.82, 2.24) is 5.32 Å². The molecule has 0 saturated carbocycles. The van der Waals surface area contributed by atoms with Gasteiger partial charge in [0.25, 0.3) is 0 Å². The molecule has 0 spiro atoms. The van der Waals surface area contributed by atoms with Crippen molar-refractivity contribution < 1.29 is 0 Å². The number of allylic oxidation sites excluding steroid dienone is 2. The van der Waals surface area contributed by atoms with Crippen molar-refractivity contribution >= 4 is 0 Å². The molecule has 0 radical (unpaired) electrons. The molecule has 0 aromatic carbocycles. The Morgan fingerprint density at radius 1 is 1.33 bits per heavy atom. The van der Waals surface area contributed by atoms with Crippen molar-refractivity contribution in [2.45, 2.75) is 33.1 Å². The maximum absolute atomic E-state index is 3.86. The monoisotopic (exact) mass is 167 g/mol. The SMILES string of the molecule is C=C(C)CC/C=C/CCNCC. The highest BCUT2D eigenvalue weighted by Crippen LogP contribution is 2.00. The summed E-state index contributed by atoms with van der Waals surface area (Å²) in [7, 11) is 0. The third-order valence-corrected chi connectivity index (χ3v) is 1.64. The Balaban J connectivity index is 3.09. The average Bonchev–Trinajstić information content (AvgIpc) is 2.02. The van der Waals surface area contributed by atoms with Crippen LogP contribution in [0.1, 0.15) is 33.1 Å². The second-order valence-corrected chi connectivity index (χ2v) is 3.11. The molecular weight excluding hydrogens is 146 g/mol. The molecule has 0 aliphatic heterocycles. The molecule has 0 rings (SSSR count). The standard InChI is InChI=1S/C11H21N/c1-4-12-10-8-6-5-7-9-11(2)3/h5-6,12H,2,4,7-10H2,1,3H3/b6-5+. The minimum atomic E-state index is 1.07. The van der Waals surface area contributed by atoms with Crippen molar-refractivity contribution in [2.24, 2.45) is 0 Å². The van der Waals surface area contributed by atoms with Crippen molar-refractivity contribution in [1.29, 1.82) is 0 Å². The van der Waals surface area contributed by atoms with Gasteiger partial charge in [0.2, 0.25) is 0 Å². The summed E-state index contributed by atoms with van der Waals surface area (Å²) in [4.78, 5) is 0. The van der Waals surface area contributed by atoms with Gasteiger partial charge in [-0.05, 0) is 39.3 Å². The van der Waals surface area contributed by atoms with E-state index in [0.717, 1.165) is 32.4 Å². The largest absolute Gasteiger partial charge is 0.317 e. The van der Waals surface area contributed by atoms with Gasteiger partial charge in [-0.1, -0.05) is 24.6 Å². The van der Waals surface area contributed by atoms with E-state index in [1.807, 2.05) is 0 Å². The molecular formula is C11H21N. The summed E-state index contributed by atoms with van der Waals surface area (Å²) >= 11 is 0. The van der Waals surface area contributed by atoms with Crippen LogP contribution >= 0.6 is 0 Å². The number of hydrogen-bond donors (Lipinski definition) is 1. The van der Waals surface area contributed by atoms with Gasteiger partial charge in [0.1, 0.15) is 0 Å². The first kappa shape index (κ1) is 11.4. The zero-order chi connectivity index (χ0) is 9.23. The highest BCUT2D eigenvalue weighted by atomic mass is 14.8. The average molecular weight is 167 g/mol. The van der Waals surface area contributed by atoms with Crippen LogP contribution in [0.5, 0.6) is 0 Å². The number of rotatable bonds is 7. The lowest BCUT2D eigenvalue weighted by atomic mass is 10.2. The summed E-state index contributed by atoms with van der Waals surface area (Å²) < 4.78 is 0. The fourth-order valence-corrected chi connectivity index (χ4v) is 0.928. The minimum absolute atomic E-state index is 1.07. The van der Waals surface area contributed by atoms with Crippen LogP contribution in [0.3, 0.4) is 0 Å². The first-order chi connectivity index (χ1) is 5.77. The van der Waals surface area contributed by atoms with Gasteiger partial charge < -0.3 is 5.32 Å². The molecule has 0 heterocycles. The second kappa shape index (κ2) is 8.54. The van der Waals surface area contributed by atoms with Crippen LogP contribution in [0.25, 0.3) is 0 Å². The second-order valence-electron chi connectivity index (χ2n) is 3.11. The van der Waals surface area contributed by atoms with E-state index in [0.29, 0.717) is 0 Å². The van der Waals surface area contributed by atoms with E-state index in [1.54, 1.807) is 0 Å². The molecule has 1 nitrogen and oxygen atoms in total. The molecule has 0 unspecified atom stereocenters. The molecule has 0 bridgehead atoms. The summed E-state index contributed by atoms with van der Waals surface area (Å²) in [5, 5.41) is 3.28. The van der Waals surface area contributed by atoms with Crippen LogP contribution < -0.4 is 5.32 Å². The molecule has 0 fully saturated rings. The Hall–Kier alpha value is -0.560. The lowest BCUT2D eigenvalue weighted by Crippen LogP contribution is -2.12. The first-order valence-corrected chi connectivity index (χ1v) is 4.77. The molecule has 0 saturated heterocycles. The lowest BCUT2D eigenvalue weighted by molar-refractivity contribution is 0.725. The van der Waals surface area contributed by atoms with E-state index in [1.165, 1.54) is 5.57 Å². The summed E-state index contributed by atoms with van der Waals surface area (Å²) in [5.74, 6) is 0. The Labute approximate surface area is 76.6 Å². The van der Waals surface area contributed by atoms with Gasteiger partial charge in [-0.15, -0.1) is 6.58 Å². The van der Waals surface area contributed by atoms with Crippen LogP contribution in [0.2, 0.25) is 0 Å². The smallest absolute Gasteiger partial charge is 0.00144 e. The summed E-state index contributed by atoms with van der Waals surface area (Å²) in [5.41, 5.74) is 1.27. The summed E-state index contributed by atoms with van der Waals surface area (Å²) in [6, 6.07) is 0. The third-order valence-electron chi connectivity index (χ3n) is 1.64. The normalized spacial score (nSPS) is 10.8. The molecule has 0 aromatic heterocycles. The molecule has 0 aromatic rings. The number of hydrogen-bond acceptors (Lipinski definition) is 1. The van der Waals surface area contributed by atoms with Gasteiger partial charge in [0.05, 0.1) is 0 Å². The van der Waals surface area contributed by atoms with Gasteiger partial charge in [-0.3, -0.25) is 0 Å². The van der Waals surface area contributed by atoms with Crippen molar-refractivity contribution in [3.8, 4) is 0 Å². The molecule has 0 aliphatic carbocycles. The van der Waals surface area contributed by atoms with Gasteiger partial charge >= 0.3 is 0 Å². The zero-order valence-corrected chi connectivity index (χ0v) is 8.40. The van der Waals surface area contributed by atoms with Crippen LogP contribution in [0.4, 0.5) is 0 Å². The van der Waals surface area contributed by atoms with E-state index in [9.17, 15) is 0 Å². The van der Waals surface area contributed by atoms with E-state index < -0.39 is 0 Å². The number of nitrogens with one attached hydrogen (secondary N) is 1. The quantitative estimate of drug-likeness (QED) is 0.454. The van der Waals surface area contributed by atoms with Gasteiger partial charge in [0, 0.05) is 0 Å². The Bertz CT molecular complexity index is 136. The highest BCUT2D eigenvalue weighted by Gasteiger charge is 1.82. The predicted molar refractivity (Wildman–Crippen MR) is 56.3 cm³/mol. The fourth-order valence-electron chi connectivity index (χ4n) is 0.928. The van der Waals surface area contributed by atoms with E-state index in [-0.39, 0.29) is 0 Å². The van der Waals surface area contributed by atoms with Crippen molar-refractivity contribution in [3.63, 3.8) is 0 Å². The molecule has 1 heteroatoms. The molecule has 1 N–H and O–H groups in total. The van der Waals surface area contributed by atoms with E-state index in [4.69, 9.17) is 0 Å². The fraction of sp³-hybridized carbons (Fsp3) is 0.636. The first-order valence-electron chi connectivity index (χ1n) is 4.77. The third kappa shape index (κ3) is 9.44. The van der Waals surface area contributed by atoms with Crippen molar-refractivity contribution in [3.05, 3.63) is 24.3 Å². The summed E-state index contributed by atoms with van der Waals surface area (Å²) in [6.45, 7) is 10.2. The van der Waals surface area contributed by atoms with Crippen LogP contribution in [-0.2, 0) is 0 Å². The minimum Gasteiger partial charge on any atom is -0.317 e. The van der Waals surface area contributed by atoms with Gasteiger partial charge in [-0.2, -0.15) is 0 Å². The van der Waals surface area contributed by atoms with Gasteiger partial charge in [0.15, 0.2) is 0 Å². The van der Waals surface area contributed by atoms with Crippen molar-refractivity contribution in [2.75, 3.05) is 13.1 Å². The Kier molecular flexibility index (Phi) is 8.14. The molecule has 70 valence electrons. The molecule has 0 atom stereocenters. The maximum Gasteiger partial charge on any atom is -0.00144 e. The molecule has 0 aliphatic rings. The Morgan fingerprint density at radius 3 is 2.58 bits per heavy atom. The van der Waals surface area contributed by atoms with E-state index in [2.05, 4.69) is 37.9 Å². The van der Waals surface area contributed by atoms with Gasteiger partial charge in [-0.25, -0.2) is 0 Å². The lowest BCUT2D eigenvalue weighted by Gasteiger charge is -1.96. The summed E-state index contributed by atoms with van der Waals surface area (Å²) in [6.07, 6.45) is 7.89. The predicted octanol–water partition coefficient (Wildman–Crippen LogP) is 2.90. The highest BCUT2D eigenvalue weighted by molar-refractivity contribution is 4.92. The van der Waals surface area contributed by atoms with E-state index >= 15 is 0 Å². The maximum atomic E-state index is 3.86. The topological polar surface area (TPSA) is 12.0 Å². The zero-order valence-electron chi connectivity index (χ0n) is 8.40. The van der Waals surface area contributed by atoms with Crippen LogP contribution in [0, 0.1) is 0 Å². The van der Waals surface area contributed by atoms with Crippen LogP contribution in [0.15, 0.2) is 24.3 Å².